The van der Waals surface area contributed by atoms with E-state index in [2.05, 4.69) is 12.1 Å². The molecule has 1 atom stereocenters. The third kappa shape index (κ3) is 3.58. The van der Waals surface area contributed by atoms with E-state index < -0.39 is 10.0 Å². The van der Waals surface area contributed by atoms with E-state index in [0.717, 1.165) is 19.4 Å². The number of nitrogens with zero attached hydrogens (tertiary/aromatic N) is 2. The third-order valence-corrected chi connectivity index (χ3v) is 6.30. The summed E-state index contributed by atoms with van der Waals surface area (Å²) in [6.07, 6.45) is 4.54. The van der Waals surface area contributed by atoms with E-state index in [9.17, 15) is 13.2 Å². The number of carbonyl (C=O) groups is 1. The van der Waals surface area contributed by atoms with E-state index in [1.165, 1.54) is 16.1 Å². The number of hydrogen-bond acceptors (Lipinski definition) is 3. The Hall–Kier alpha value is -1.40. The first-order chi connectivity index (χ1) is 11.0. The monoisotopic (exact) mass is 336 g/mol. The van der Waals surface area contributed by atoms with Crippen molar-refractivity contribution < 1.29 is 13.2 Å². The summed E-state index contributed by atoms with van der Waals surface area (Å²) in [4.78, 5) is 14.9. The van der Waals surface area contributed by atoms with Crippen LogP contribution in [0.1, 0.15) is 37.3 Å². The zero-order valence-electron chi connectivity index (χ0n) is 13.5. The Morgan fingerprint density at radius 1 is 1.04 bits per heavy atom. The van der Waals surface area contributed by atoms with Crippen LogP contribution in [0.2, 0.25) is 0 Å². The second kappa shape index (κ2) is 6.61. The van der Waals surface area contributed by atoms with Gasteiger partial charge in [0.25, 0.3) is 0 Å². The molecule has 3 rings (SSSR count). The van der Waals surface area contributed by atoms with Crippen LogP contribution < -0.4 is 0 Å². The normalized spacial score (nSPS) is 24.0. The van der Waals surface area contributed by atoms with E-state index in [-0.39, 0.29) is 17.9 Å². The predicted molar refractivity (Wildman–Crippen MR) is 89.3 cm³/mol. The van der Waals surface area contributed by atoms with Crippen molar-refractivity contribution in [2.75, 3.05) is 25.9 Å². The molecule has 0 radical (unpaired) electrons. The van der Waals surface area contributed by atoms with Crippen molar-refractivity contribution in [1.82, 2.24) is 9.21 Å². The van der Waals surface area contributed by atoms with Gasteiger partial charge in [0, 0.05) is 25.6 Å². The average Bonchev–Trinajstić information content (AvgIpc) is 3.04. The van der Waals surface area contributed by atoms with E-state index in [4.69, 9.17) is 0 Å². The van der Waals surface area contributed by atoms with Crippen LogP contribution in [0.15, 0.2) is 30.3 Å². The third-order valence-electron chi connectivity index (χ3n) is 4.99. The number of piperidine rings is 1. The lowest BCUT2D eigenvalue weighted by molar-refractivity contribution is -0.137. The molecular weight excluding hydrogens is 312 g/mol. The molecule has 0 aromatic heterocycles. The van der Waals surface area contributed by atoms with Gasteiger partial charge in [0.2, 0.25) is 15.9 Å². The molecule has 0 aliphatic carbocycles. The second-order valence-electron chi connectivity index (χ2n) is 6.54. The summed E-state index contributed by atoms with van der Waals surface area (Å²) in [5.41, 5.74) is 1.20. The average molecular weight is 336 g/mol. The number of carbonyl (C=O) groups excluding carboxylic acids is 1. The summed E-state index contributed by atoms with van der Waals surface area (Å²) in [5, 5.41) is 0. The van der Waals surface area contributed by atoms with E-state index in [0.29, 0.717) is 25.9 Å². The smallest absolute Gasteiger partial charge is 0.226 e. The van der Waals surface area contributed by atoms with E-state index in [1.54, 1.807) is 0 Å². The Bertz CT molecular complexity index is 652. The van der Waals surface area contributed by atoms with Gasteiger partial charge in [-0.15, -0.1) is 0 Å². The van der Waals surface area contributed by atoms with Crippen LogP contribution >= 0.6 is 0 Å². The number of amides is 1. The standard InChI is InChI=1S/C17H24N2O3S/c1-23(21,22)18-12-9-15(10-13-18)17(20)19-11-5-8-16(19)14-6-3-2-4-7-14/h2-4,6-7,15-16H,5,8-13H2,1H3. The molecule has 1 aromatic rings. The van der Waals surface area contributed by atoms with Gasteiger partial charge in [-0.2, -0.15) is 0 Å². The number of sulfonamides is 1. The molecule has 2 fully saturated rings. The second-order valence-corrected chi connectivity index (χ2v) is 8.52. The highest BCUT2D eigenvalue weighted by Crippen LogP contribution is 2.34. The molecule has 1 unspecified atom stereocenters. The quantitative estimate of drug-likeness (QED) is 0.848. The van der Waals surface area contributed by atoms with Gasteiger partial charge in [0.15, 0.2) is 0 Å². The molecule has 126 valence electrons. The number of hydrogen-bond donors (Lipinski definition) is 0. The molecule has 0 N–H and O–H groups in total. The maximum absolute atomic E-state index is 12.9. The SMILES string of the molecule is CS(=O)(=O)N1CCC(C(=O)N2CCCC2c2ccccc2)CC1. The van der Waals surface area contributed by atoms with Crippen LogP contribution in [0.3, 0.4) is 0 Å². The van der Waals surface area contributed by atoms with Crippen LogP contribution in [-0.2, 0) is 14.8 Å². The summed E-state index contributed by atoms with van der Waals surface area (Å²) in [6.45, 7) is 1.73. The van der Waals surface area contributed by atoms with Crippen LogP contribution in [-0.4, -0.2) is 49.4 Å². The zero-order valence-corrected chi connectivity index (χ0v) is 14.3. The Morgan fingerprint density at radius 2 is 1.70 bits per heavy atom. The summed E-state index contributed by atoms with van der Waals surface area (Å²) in [6, 6.07) is 10.4. The molecular formula is C17H24N2O3S. The molecule has 2 heterocycles. The highest BCUT2D eigenvalue weighted by Gasteiger charge is 2.36. The van der Waals surface area contributed by atoms with Crippen LogP contribution in [0.25, 0.3) is 0 Å². The number of rotatable bonds is 3. The number of benzene rings is 1. The van der Waals surface area contributed by atoms with Crippen LogP contribution in [0.4, 0.5) is 0 Å². The molecule has 2 saturated heterocycles. The fourth-order valence-electron chi connectivity index (χ4n) is 3.72. The Labute approximate surface area is 138 Å². The van der Waals surface area contributed by atoms with Gasteiger partial charge < -0.3 is 4.90 Å². The fraction of sp³-hybridized carbons (Fsp3) is 0.588. The van der Waals surface area contributed by atoms with Gasteiger partial charge >= 0.3 is 0 Å². The Balaban J connectivity index is 1.66. The lowest BCUT2D eigenvalue weighted by atomic mass is 9.95. The van der Waals surface area contributed by atoms with Gasteiger partial charge in [0.05, 0.1) is 12.3 Å². The molecule has 6 heteroatoms. The zero-order chi connectivity index (χ0) is 16.4. The van der Waals surface area contributed by atoms with Crippen molar-refractivity contribution in [3.63, 3.8) is 0 Å². The molecule has 0 bridgehead atoms. The van der Waals surface area contributed by atoms with Gasteiger partial charge in [-0.3, -0.25) is 4.79 Å². The van der Waals surface area contributed by atoms with E-state index >= 15 is 0 Å². The van der Waals surface area contributed by atoms with Gasteiger partial charge in [-0.25, -0.2) is 12.7 Å². The first-order valence-corrected chi connectivity index (χ1v) is 10.1. The Morgan fingerprint density at radius 3 is 2.30 bits per heavy atom. The summed E-state index contributed by atoms with van der Waals surface area (Å²) < 4.78 is 24.7. The maximum Gasteiger partial charge on any atom is 0.226 e. The van der Waals surface area contributed by atoms with Gasteiger partial charge in [0.1, 0.15) is 0 Å². The van der Waals surface area contributed by atoms with E-state index in [1.807, 2.05) is 23.1 Å². The first-order valence-electron chi connectivity index (χ1n) is 8.27. The highest BCUT2D eigenvalue weighted by molar-refractivity contribution is 7.88. The van der Waals surface area contributed by atoms with Crippen molar-refractivity contribution >= 4 is 15.9 Å². The molecule has 2 aliphatic rings. The molecule has 0 saturated carbocycles. The number of likely N-dealkylation sites (tertiary alicyclic amines) is 1. The van der Waals surface area contributed by atoms with Gasteiger partial charge in [-0.05, 0) is 31.2 Å². The van der Waals surface area contributed by atoms with Crippen molar-refractivity contribution in [2.24, 2.45) is 5.92 Å². The first kappa shape index (κ1) is 16.5. The highest BCUT2D eigenvalue weighted by atomic mass is 32.2. The van der Waals surface area contributed by atoms with Crippen molar-refractivity contribution in [3.8, 4) is 0 Å². The topological polar surface area (TPSA) is 57.7 Å². The van der Waals surface area contributed by atoms with Crippen molar-refractivity contribution in [3.05, 3.63) is 35.9 Å². The largest absolute Gasteiger partial charge is 0.335 e. The summed E-state index contributed by atoms with van der Waals surface area (Å²) in [5.74, 6) is 0.154. The molecule has 23 heavy (non-hydrogen) atoms. The Kier molecular flexibility index (Phi) is 4.73. The van der Waals surface area contributed by atoms with Crippen LogP contribution in [0.5, 0.6) is 0 Å². The minimum atomic E-state index is -3.14. The summed E-state index contributed by atoms with van der Waals surface area (Å²) in [7, 11) is -3.14. The maximum atomic E-state index is 12.9. The molecule has 1 aromatic carbocycles. The minimum absolute atomic E-state index is 0.0442. The molecule has 2 aliphatic heterocycles. The lowest BCUT2D eigenvalue weighted by Crippen LogP contribution is -2.43. The molecule has 1 amide bonds. The minimum Gasteiger partial charge on any atom is -0.335 e. The van der Waals surface area contributed by atoms with Crippen molar-refractivity contribution in [1.29, 1.82) is 0 Å². The fourth-order valence-corrected chi connectivity index (χ4v) is 4.60. The summed E-state index contributed by atoms with van der Waals surface area (Å²) >= 11 is 0. The predicted octanol–water partition coefficient (Wildman–Crippen LogP) is 2.02. The molecule has 0 spiro atoms. The van der Waals surface area contributed by atoms with Crippen molar-refractivity contribution in [2.45, 2.75) is 31.7 Å². The van der Waals surface area contributed by atoms with Crippen LogP contribution in [0, 0.1) is 5.92 Å². The molecule has 5 nitrogen and oxygen atoms in total. The van der Waals surface area contributed by atoms with Gasteiger partial charge in [-0.1, -0.05) is 30.3 Å². The lowest BCUT2D eigenvalue weighted by Gasteiger charge is -2.34.